The molecule has 8 atom stereocenters. The van der Waals surface area contributed by atoms with Crippen LogP contribution < -0.4 is 11.1 Å². The van der Waals surface area contributed by atoms with Crippen molar-refractivity contribution in [2.45, 2.75) is 219 Å². The Labute approximate surface area is 558 Å². The number of amides is 10. The van der Waals surface area contributed by atoms with Gasteiger partial charge in [-0.1, -0.05) is 123 Å². The Morgan fingerprint density at radius 2 is 1.20 bits per heavy atom. The van der Waals surface area contributed by atoms with Gasteiger partial charge in [-0.3, -0.25) is 57.5 Å². The summed E-state index contributed by atoms with van der Waals surface area (Å²) in [6.07, 6.45) is 11.7. The second kappa shape index (κ2) is 36.2. The monoisotopic (exact) mass is 1320 g/mol. The molecule has 94 heavy (non-hydrogen) atoms. The molecule has 0 radical (unpaired) electrons. The van der Waals surface area contributed by atoms with E-state index in [0.29, 0.717) is 83.8 Å². The number of carboxylic acids is 1. The lowest BCUT2D eigenvalue weighted by molar-refractivity contribution is -0.157. The summed E-state index contributed by atoms with van der Waals surface area (Å²) in [5.41, 5.74) is 6.38. The van der Waals surface area contributed by atoms with Gasteiger partial charge in [-0.2, -0.15) is 0 Å². The molecule has 4 fully saturated rings. The highest BCUT2D eigenvalue weighted by molar-refractivity contribution is 5.99. The predicted molar refractivity (Wildman–Crippen MR) is 357 cm³/mol. The van der Waals surface area contributed by atoms with Gasteiger partial charge in [0.25, 0.3) is 0 Å². The fourth-order valence-corrected chi connectivity index (χ4v) is 14.3. The summed E-state index contributed by atoms with van der Waals surface area (Å²) in [5, 5.41) is 12.3. The molecule has 4 aliphatic rings. The van der Waals surface area contributed by atoms with Gasteiger partial charge in [-0.15, -0.1) is 0 Å². The van der Waals surface area contributed by atoms with Crippen molar-refractivity contribution in [1.29, 1.82) is 0 Å². The molecule has 1 aromatic rings. The van der Waals surface area contributed by atoms with E-state index in [2.05, 4.69) is 5.32 Å². The minimum atomic E-state index is -1.36. The van der Waals surface area contributed by atoms with Crippen LogP contribution in [0.2, 0.25) is 0 Å². The standard InChI is InChI=1S/C70H113N11O13/c1-14-48(6)61(67(92)74(8)43-58(84)73(7)44-59(85)77(11)54(40-50-29-20-16-21-30-50)65(90)75(9)45-60(86)87)72-63(88)53(39-46(2)3)76(10)57(83)41-55(66(91)80-36-24-17-25-37-80)78(12)68(93)62(47(4)5)79(13)69(94)70(34-22-23-35-70)42-56(82)52-31-26-38-81(52)64(89)51(71)33-32-49-27-18-15-19-28-49/h15,18-19,27-28,46-48,50-55,61-62H,14,16-17,20-26,29-45,71H2,1-13H3,(H,72,88)(H,86,87)/t48-,51-,52-,53-,54-,55-,61-,62-/m0/s1. The zero-order valence-corrected chi connectivity index (χ0v) is 58.8. The molecular formula is C70H113N11O13. The van der Waals surface area contributed by atoms with Crippen LogP contribution in [0.5, 0.6) is 0 Å². The number of carboxylic acid groups (broad SMARTS) is 1. The molecule has 2 saturated heterocycles. The van der Waals surface area contributed by atoms with E-state index in [1.165, 1.54) is 66.8 Å². The topological polar surface area (TPSA) is 292 Å². The minimum absolute atomic E-state index is 0.116. The van der Waals surface area contributed by atoms with Crippen LogP contribution in [0, 0.1) is 29.1 Å². The number of Topliss-reactive ketones (excluding diaryl/α,β-unsaturated/α-hetero) is 1. The number of rotatable bonds is 33. The lowest BCUT2D eigenvalue weighted by Gasteiger charge is -2.41. The van der Waals surface area contributed by atoms with Gasteiger partial charge in [0, 0.05) is 75.4 Å². The summed E-state index contributed by atoms with van der Waals surface area (Å²) in [4.78, 5) is 183. The van der Waals surface area contributed by atoms with Crippen LogP contribution in [-0.2, 0) is 64.0 Å². The van der Waals surface area contributed by atoms with Gasteiger partial charge in [0.2, 0.25) is 59.1 Å². The van der Waals surface area contributed by atoms with Gasteiger partial charge in [0.1, 0.15) is 36.8 Å². The molecule has 2 saturated carbocycles. The summed E-state index contributed by atoms with van der Waals surface area (Å²) < 4.78 is 0. The van der Waals surface area contributed by atoms with E-state index in [0.717, 1.165) is 66.7 Å². The molecule has 526 valence electrons. The number of hydrogen-bond acceptors (Lipinski definition) is 13. The first-order valence-corrected chi connectivity index (χ1v) is 34.6. The van der Waals surface area contributed by atoms with Crippen molar-refractivity contribution in [3.8, 4) is 0 Å². The molecule has 2 aliphatic heterocycles. The SMILES string of the molecule is CC[C@H](C)[C@H](NC(=O)[C@H](CC(C)C)N(C)C(=O)C[C@@H](C(=O)N1CCCCC1)N(C)C(=O)[C@H](C(C)C)N(C)C(=O)C1(CC(=O)[C@@H]2CCCN2C(=O)[C@@H](N)CCc2ccccc2)CCCC1)C(=O)N(C)CC(=O)N(C)CC(=O)N(C)[C@@H](CC1CCCCC1)C(=O)N(C)CC(=O)O. The summed E-state index contributed by atoms with van der Waals surface area (Å²) >= 11 is 0. The first-order chi connectivity index (χ1) is 44.3. The summed E-state index contributed by atoms with van der Waals surface area (Å²) in [5.74, 6) is -7.65. The number of carbonyl (C=O) groups excluding carboxylic acids is 11. The van der Waals surface area contributed by atoms with Crippen molar-refractivity contribution < 1.29 is 62.6 Å². The number of likely N-dealkylation sites (N-methyl/N-ethyl adjacent to an activating group) is 7. The Kier molecular flexibility index (Phi) is 29.9. The molecular weight excluding hydrogens is 1200 g/mol. The van der Waals surface area contributed by atoms with E-state index in [1.54, 1.807) is 37.6 Å². The number of ketones is 1. The first-order valence-electron chi connectivity index (χ1n) is 34.6. The summed E-state index contributed by atoms with van der Waals surface area (Å²) in [6, 6.07) is 2.43. The van der Waals surface area contributed by atoms with Crippen LogP contribution in [0.3, 0.4) is 0 Å². The number of nitrogens with two attached hydrogens (primary N) is 1. The van der Waals surface area contributed by atoms with E-state index in [9.17, 15) is 53.1 Å². The van der Waals surface area contributed by atoms with Crippen LogP contribution in [-0.4, -0.2) is 251 Å². The van der Waals surface area contributed by atoms with Crippen LogP contribution in [0.25, 0.3) is 0 Å². The highest BCUT2D eigenvalue weighted by Crippen LogP contribution is 2.45. The molecule has 2 aliphatic carbocycles. The van der Waals surface area contributed by atoms with Gasteiger partial charge in [-0.05, 0) is 99.9 Å². The third-order valence-corrected chi connectivity index (χ3v) is 20.5. The second-order valence-electron chi connectivity index (χ2n) is 28.4. The maximum absolute atomic E-state index is 15.3. The molecule has 24 heteroatoms. The van der Waals surface area contributed by atoms with Crippen molar-refractivity contribution in [2.75, 3.05) is 88.6 Å². The van der Waals surface area contributed by atoms with Gasteiger partial charge in [0.05, 0.1) is 37.0 Å². The van der Waals surface area contributed by atoms with Crippen LogP contribution >= 0.6 is 0 Å². The van der Waals surface area contributed by atoms with Crippen LogP contribution in [0.15, 0.2) is 30.3 Å². The number of nitrogens with zero attached hydrogens (tertiary/aromatic N) is 9. The maximum atomic E-state index is 15.3. The van der Waals surface area contributed by atoms with Crippen LogP contribution in [0.1, 0.15) is 176 Å². The zero-order chi connectivity index (χ0) is 69.9. The molecule has 10 amide bonds. The van der Waals surface area contributed by atoms with Crippen molar-refractivity contribution >= 4 is 70.8 Å². The Hall–Kier alpha value is -6.98. The molecule has 5 rings (SSSR count). The number of carbonyl (C=O) groups is 12. The van der Waals surface area contributed by atoms with E-state index in [4.69, 9.17) is 5.73 Å². The van der Waals surface area contributed by atoms with E-state index >= 15 is 9.59 Å². The van der Waals surface area contributed by atoms with Crippen molar-refractivity contribution in [2.24, 2.45) is 34.8 Å². The minimum Gasteiger partial charge on any atom is -0.480 e. The largest absolute Gasteiger partial charge is 0.480 e. The highest BCUT2D eigenvalue weighted by atomic mass is 16.4. The van der Waals surface area contributed by atoms with Crippen molar-refractivity contribution in [3.05, 3.63) is 35.9 Å². The van der Waals surface area contributed by atoms with E-state index < -0.39 is 139 Å². The molecule has 4 N–H and O–H groups in total. The molecule has 0 aromatic heterocycles. The number of aliphatic carboxylic acids is 1. The first kappa shape index (κ1) is 77.7. The average Bonchev–Trinajstić information content (AvgIpc) is 1.44. The molecule has 0 unspecified atom stereocenters. The lowest BCUT2D eigenvalue weighted by atomic mass is 9.77. The Bertz CT molecular complexity index is 2780. The second-order valence-corrected chi connectivity index (χ2v) is 28.4. The molecule has 0 bridgehead atoms. The number of likely N-dealkylation sites (tertiary alicyclic amines) is 2. The van der Waals surface area contributed by atoms with Crippen LogP contribution in [0.4, 0.5) is 0 Å². The third-order valence-electron chi connectivity index (χ3n) is 20.5. The number of hydrogen-bond donors (Lipinski definition) is 3. The maximum Gasteiger partial charge on any atom is 0.323 e. The third kappa shape index (κ3) is 20.8. The average molecular weight is 1320 g/mol. The fraction of sp³-hybridized carbons (Fsp3) is 0.743. The predicted octanol–water partition coefficient (Wildman–Crippen LogP) is 4.83. The van der Waals surface area contributed by atoms with Gasteiger partial charge in [-0.25, -0.2) is 0 Å². The summed E-state index contributed by atoms with van der Waals surface area (Å²) in [6.45, 7) is 10.7. The molecule has 1 aromatic carbocycles. The summed E-state index contributed by atoms with van der Waals surface area (Å²) in [7, 11) is 10.1. The molecule has 24 nitrogen and oxygen atoms in total. The lowest BCUT2D eigenvalue weighted by Crippen LogP contribution is -2.60. The number of nitrogens with one attached hydrogen (secondary N) is 1. The quantitative estimate of drug-likeness (QED) is 0.0850. The molecule has 2 heterocycles. The van der Waals surface area contributed by atoms with Crippen molar-refractivity contribution in [1.82, 2.24) is 49.4 Å². The van der Waals surface area contributed by atoms with Crippen molar-refractivity contribution in [3.63, 3.8) is 0 Å². The van der Waals surface area contributed by atoms with E-state index in [1.807, 2.05) is 51.1 Å². The molecule has 0 spiro atoms. The van der Waals surface area contributed by atoms with Gasteiger partial charge in [0.15, 0.2) is 5.78 Å². The fourth-order valence-electron chi connectivity index (χ4n) is 14.3. The van der Waals surface area contributed by atoms with Gasteiger partial charge >= 0.3 is 5.97 Å². The number of piperidine rings is 1. The Balaban J connectivity index is 1.31. The number of aryl methyl sites for hydroxylation is 1. The highest BCUT2D eigenvalue weighted by Gasteiger charge is 2.50. The Morgan fingerprint density at radius 3 is 1.79 bits per heavy atom. The Morgan fingerprint density at radius 1 is 0.617 bits per heavy atom. The van der Waals surface area contributed by atoms with E-state index in [-0.39, 0.29) is 42.3 Å². The normalized spacial score (nSPS) is 18.8. The smallest absolute Gasteiger partial charge is 0.323 e. The number of benzene rings is 1. The zero-order valence-electron chi connectivity index (χ0n) is 58.8. The van der Waals surface area contributed by atoms with Gasteiger partial charge < -0.3 is 60.3 Å².